The summed E-state index contributed by atoms with van der Waals surface area (Å²) in [5, 5.41) is 0.806. The molecule has 0 amide bonds. The summed E-state index contributed by atoms with van der Waals surface area (Å²) in [5.41, 5.74) is 0. The third-order valence-electron chi connectivity index (χ3n) is 1.37. The number of rotatable bonds is 2. The van der Waals surface area contributed by atoms with Crippen LogP contribution in [0.25, 0.3) is 4.85 Å². The van der Waals surface area contributed by atoms with E-state index in [1.54, 1.807) is 11.3 Å². The van der Waals surface area contributed by atoms with Crippen molar-refractivity contribution < 1.29 is 0 Å². The first kappa shape index (κ1) is 8.29. The lowest BCUT2D eigenvalue weighted by Crippen LogP contribution is -1.89. The van der Waals surface area contributed by atoms with Crippen molar-refractivity contribution in [1.29, 1.82) is 0 Å². The molecule has 0 radical (unpaired) electrons. The van der Waals surface area contributed by atoms with Crippen molar-refractivity contribution in [3.63, 3.8) is 0 Å². The Kier molecular flexibility index (Phi) is 2.67. The Morgan fingerprint density at radius 3 is 2.73 bits per heavy atom. The van der Waals surface area contributed by atoms with Crippen molar-refractivity contribution in [2.24, 2.45) is 5.92 Å². The van der Waals surface area contributed by atoms with Gasteiger partial charge in [0.05, 0.1) is 6.57 Å². The van der Waals surface area contributed by atoms with Crippen LogP contribution in [0.1, 0.15) is 18.7 Å². The molecule has 0 aliphatic carbocycles. The van der Waals surface area contributed by atoms with Crippen molar-refractivity contribution in [3.05, 3.63) is 28.4 Å². The zero-order valence-electron chi connectivity index (χ0n) is 6.79. The highest BCUT2D eigenvalue weighted by molar-refractivity contribution is 7.16. The van der Waals surface area contributed by atoms with Crippen molar-refractivity contribution in [3.8, 4) is 0 Å². The van der Waals surface area contributed by atoms with E-state index < -0.39 is 0 Å². The molecule has 0 N–H and O–H groups in total. The molecule has 1 nitrogen and oxygen atoms in total. The minimum absolute atomic E-state index is 0.687. The average molecular weight is 165 g/mol. The van der Waals surface area contributed by atoms with Gasteiger partial charge in [-0.25, -0.2) is 4.85 Å². The summed E-state index contributed by atoms with van der Waals surface area (Å²) in [6.45, 7) is 11.2. The normalized spacial score (nSPS) is 10.0. The van der Waals surface area contributed by atoms with Gasteiger partial charge >= 0.3 is 0 Å². The van der Waals surface area contributed by atoms with Gasteiger partial charge in [0, 0.05) is 0 Å². The molecule has 0 fully saturated rings. The second-order valence-electron chi connectivity index (χ2n) is 2.95. The summed E-state index contributed by atoms with van der Waals surface area (Å²) < 4.78 is 0. The molecule has 58 valence electrons. The van der Waals surface area contributed by atoms with Gasteiger partial charge in [-0.1, -0.05) is 19.9 Å². The minimum atomic E-state index is 0.687. The topological polar surface area (TPSA) is 4.36 Å². The van der Waals surface area contributed by atoms with E-state index >= 15 is 0 Å². The zero-order valence-corrected chi connectivity index (χ0v) is 7.61. The number of nitrogens with zero attached hydrogens (tertiary/aromatic N) is 1. The molecule has 0 aromatic carbocycles. The first-order valence-electron chi connectivity index (χ1n) is 3.68. The number of thiophene rings is 1. The summed E-state index contributed by atoms with van der Waals surface area (Å²) >= 11 is 1.61. The molecule has 1 rings (SSSR count). The summed E-state index contributed by atoms with van der Waals surface area (Å²) in [5.74, 6) is 0.687. The Morgan fingerprint density at radius 2 is 2.27 bits per heavy atom. The van der Waals surface area contributed by atoms with Crippen LogP contribution < -0.4 is 0 Å². The summed E-state index contributed by atoms with van der Waals surface area (Å²) in [4.78, 5) is 4.69. The molecule has 0 saturated heterocycles. The fraction of sp³-hybridized carbons (Fsp3) is 0.444. The van der Waals surface area contributed by atoms with Gasteiger partial charge in [-0.2, -0.15) is 11.3 Å². The third kappa shape index (κ3) is 2.36. The molecule has 1 aromatic heterocycles. The zero-order chi connectivity index (χ0) is 8.27. The van der Waals surface area contributed by atoms with Crippen LogP contribution in [0.5, 0.6) is 0 Å². The van der Waals surface area contributed by atoms with Crippen LogP contribution in [0.15, 0.2) is 12.1 Å². The average Bonchev–Trinajstić information content (AvgIpc) is 2.34. The monoisotopic (exact) mass is 165 g/mol. The van der Waals surface area contributed by atoms with E-state index in [4.69, 9.17) is 6.57 Å². The Hall–Kier alpha value is -0.810. The van der Waals surface area contributed by atoms with E-state index in [9.17, 15) is 0 Å². The molecule has 0 aliphatic heterocycles. The SMILES string of the molecule is [C-]#[N+]c1ccc(CC(C)C)s1. The van der Waals surface area contributed by atoms with Crippen LogP contribution >= 0.6 is 11.3 Å². The highest BCUT2D eigenvalue weighted by atomic mass is 32.1. The Balaban J connectivity index is 2.67. The van der Waals surface area contributed by atoms with E-state index in [-0.39, 0.29) is 0 Å². The van der Waals surface area contributed by atoms with Crippen molar-refractivity contribution in [1.82, 2.24) is 0 Å². The smallest absolute Gasteiger partial charge is 0.227 e. The van der Waals surface area contributed by atoms with Gasteiger partial charge in [-0.3, -0.25) is 0 Å². The lowest BCUT2D eigenvalue weighted by Gasteiger charge is -1.99. The molecule has 1 heterocycles. The van der Waals surface area contributed by atoms with Crippen LogP contribution in [0.2, 0.25) is 0 Å². The summed E-state index contributed by atoms with van der Waals surface area (Å²) in [7, 11) is 0. The molecule has 0 aliphatic rings. The maximum absolute atomic E-state index is 6.77. The van der Waals surface area contributed by atoms with Crippen LogP contribution in [0, 0.1) is 12.5 Å². The Labute approximate surface area is 71.5 Å². The number of hydrogen-bond acceptors (Lipinski definition) is 1. The van der Waals surface area contributed by atoms with Crippen LogP contribution in [-0.4, -0.2) is 0 Å². The fourth-order valence-electron chi connectivity index (χ4n) is 0.939. The van der Waals surface area contributed by atoms with Crippen molar-refractivity contribution in [2.75, 3.05) is 0 Å². The Morgan fingerprint density at radius 1 is 1.55 bits per heavy atom. The van der Waals surface area contributed by atoms with E-state index in [0.29, 0.717) is 5.92 Å². The van der Waals surface area contributed by atoms with Gasteiger partial charge in [0.25, 0.3) is 0 Å². The highest BCUT2D eigenvalue weighted by Crippen LogP contribution is 2.26. The van der Waals surface area contributed by atoms with E-state index in [1.807, 2.05) is 6.07 Å². The Bertz CT molecular complexity index is 267. The van der Waals surface area contributed by atoms with Gasteiger partial charge in [0.15, 0.2) is 0 Å². The minimum Gasteiger partial charge on any atom is -0.227 e. The molecular weight excluding hydrogens is 154 g/mol. The van der Waals surface area contributed by atoms with Gasteiger partial charge in [0.2, 0.25) is 5.00 Å². The van der Waals surface area contributed by atoms with Gasteiger partial charge in [-0.15, -0.1) is 0 Å². The lowest BCUT2D eigenvalue weighted by atomic mass is 10.1. The van der Waals surface area contributed by atoms with Crippen LogP contribution in [0.3, 0.4) is 0 Å². The molecule has 0 bridgehead atoms. The van der Waals surface area contributed by atoms with E-state index in [1.165, 1.54) is 4.88 Å². The number of hydrogen-bond donors (Lipinski definition) is 0. The predicted octanol–water partition coefficient (Wildman–Crippen LogP) is 3.50. The molecule has 0 atom stereocenters. The molecule has 0 unspecified atom stereocenters. The lowest BCUT2D eigenvalue weighted by molar-refractivity contribution is 0.654. The highest BCUT2D eigenvalue weighted by Gasteiger charge is 2.00. The molecule has 1 aromatic rings. The van der Waals surface area contributed by atoms with Crippen molar-refractivity contribution in [2.45, 2.75) is 20.3 Å². The predicted molar refractivity (Wildman–Crippen MR) is 49.1 cm³/mol. The van der Waals surface area contributed by atoms with Crippen molar-refractivity contribution >= 4 is 16.3 Å². The second-order valence-corrected chi connectivity index (χ2v) is 4.10. The van der Waals surface area contributed by atoms with Gasteiger partial charge in [-0.05, 0) is 23.3 Å². The molecule has 11 heavy (non-hydrogen) atoms. The molecular formula is C9H11NS. The summed E-state index contributed by atoms with van der Waals surface area (Å²) in [6, 6.07) is 3.95. The van der Waals surface area contributed by atoms with E-state index in [0.717, 1.165) is 11.4 Å². The third-order valence-corrected chi connectivity index (χ3v) is 2.37. The van der Waals surface area contributed by atoms with Gasteiger partial charge < -0.3 is 0 Å². The first-order chi connectivity index (χ1) is 5.22. The maximum Gasteiger partial charge on any atom is 0.241 e. The van der Waals surface area contributed by atoms with Crippen LogP contribution in [0.4, 0.5) is 5.00 Å². The molecule has 2 heteroatoms. The van der Waals surface area contributed by atoms with Crippen LogP contribution in [-0.2, 0) is 6.42 Å². The molecule has 0 spiro atoms. The first-order valence-corrected chi connectivity index (χ1v) is 4.50. The standard InChI is InChI=1S/C9H11NS/c1-7(2)6-8-4-5-9(10-3)11-8/h4-5,7H,6H2,1-2H3. The summed E-state index contributed by atoms with van der Waals surface area (Å²) in [6.07, 6.45) is 1.10. The quantitative estimate of drug-likeness (QED) is 0.591. The second kappa shape index (κ2) is 3.54. The van der Waals surface area contributed by atoms with Gasteiger partial charge in [0.1, 0.15) is 0 Å². The largest absolute Gasteiger partial charge is 0.241 e. The molecule has 0 saturated carbocycles. The van der Waals surface area contributed by atoms with E-state index in [2.05, 4.69) is 24.8 Å². The fourth-order valence-corrected chi connectivity index (χ4v) is 1.94. The maximum atomic E-state index is 6.77.